The number of nitrogens with zero attached hydrogens (tertiary/aromatic N) is 1. The summed E-state index contributed by atoms with van der Waals surface area (Å²) in [5, 5.41) is 4.34. The second-order valence-electron chi connectivity index (χ2n) is 7.60. The third kappa shape index (κ3) is 4.01. The van der Waals surface area contributed by atoms with Crippen LogP contribution in [0.1, 0.15) is 41.8 Å². The molecule has 2 aromatic carbocycles. The van der Waals surface area contributed by atoms with Crippen LogP contribution in [0.3, 0.4) is 0 Å². The Balaban J connectivity index is 1.64. The lowest BCUT2D eigenvalue weighted by molar-refractivity contribution is 0.143. The summed E-state index contributed by atoms with van der Waals surface area (Å²) in [7, 11) is 0. The summed E-state index contributed by atoms with van der Waals surface area (Å²) in [4.78, 5) is 18.6. The molecule has 2 amide bonds. The number of para-hydroxylation sites is 1. The van der Waals surface area contributed by atoms with E-state index in [-0.39, 0.29) is 12.1 Å². The highest BCUT2D eigenvalue weighted by molar-refractivity contribution is 5.86. The molecule has 3 aromatic rings. The molecule has 0 spiro atoms. The van der Waals surface area contributed by atoms with Gasteiger partial charge in [-0.1, -0.05) is 48.0 Å². The van der Waals surface area contributed by atoms with Crippen molar-refractivity contribution in [3.63, 3.8) is 0 Å². The number of urea groups is 1. The van der Waals surface area contributed by atoms with Crippen LogP contribution in [-0.4, -0.2) is 42.2 Å². The molecule has 1 aliphatic rings. The zero-order valence-corrected chi connectivity index (χ0v) is 17.2. The standard InChI is InChI=1S/C24H29N3O2/c1-3-29-16-6-14-25-24(28)27-15-13-20-19-7-4-5-8-21(19)26-22(20)23(27)18-11-9-17(2)10-12-18/h4-5,7-12,23,26H,3,6,13-16H2,1-2H3,(H,25,28)/t23-/m1/s1. The van der Waals surface area contributed by atoms with E-state index >= 15 is 0 Å². The molecule has 0 fully saturated rings. The lowest BCUT2D eigenvalue weighted by Gasteiger charge is -2.36. The van der Waals surface area contributed by atoms with E-state index in [0.717, 1.165) is 29.6 Å². The molecule has 1 atom stereocenters. The third-order valence-corrected chi connectivity index (χ3v) is 5.63. The molecule has 29 heavy (non-hydrogen) atoms. The van der Waals surface area contributed by atoms with Crippen LogP contribution in [0.5, 0.6) is 0 Å². The molecule has 5 nitrogen and oxygen atoms in total. The highest BCUT2D eigenvalue weighted by atomic mass is 16.5. The molecular weight excluding hydrogens is 362 g/mol. The zero-order chi connectivity index (χ0) is 20.2. The number of fused-ring (bicyclic) bond motifs is 3. The number of H-pyrrole nitrogens is 1. The number of amides is 2. The first kappa shape index (κ1) is 19.5. The Bertz CT molecular complexity index is 977. The molecule has 1 aliphatic heterocycles. The predicted molar refractivity (Wildman–Crippen MR) is 116 cm³/mol. The number of ether oxygens (including phenoxy) is 1. The summed E-state index contributed by atoms with van der Waals surface area (Å²) >= 11 is 0. The molecule has 5 heteroatoms. The molecule has 2 heterocycles. The molecule has 1 aromatic heterocycles. The molecule has 152 valence electrons. The van der Waals surface area contributed by atoms with E-state index in [1.165, 1.54) is 16.5 Å². The number of carbonyl (C=O) groups is 1. The van der Waals surface area contributed by atoms with Crippen LogP contribution in [0.4, 0.5) is 4.79 Å². The summed E-state index contributed by atoms with van der Waals surface area (Å²) < 4.78 is 5.37. The van der Waals surface area contributed by atoms with Gasteiger partial charge in [0.1, 0.15) is 0 Å². The Hall–Kier alpha value is -2.79. The fourth-order valence-electron chi connectivity index (χ4n) is 4.17. The Morgan fingerprint density at radius 3 is 2.79 bits per heavy atom. The average Bonchev–Trinajstić information content (AvgIpc) is 3.12. The van der Waals surface area contributed by atoms with Gasteiger partial charge in [0.2, 0.25) is 0 Å². The Labute approximate surface area is 172 Å². The van der Waals surface area contributed by atoms with Gasteiger partial charge in [-0.05, 0) is 43.9 Å². The van der Waals surface area contributed by atoms with Crippen LogP contribution in [0.25, 0.3) is 10.9 Å². The maximum Gasteiger partial charge on any atom is 0.318 e. The molecule has 4 rings (SSSR count). The maximum atomic E-state index is 13.1. The molecule has 0 unspecified atom stereocenters. The summed E-state index contributed by atoms with van der Waals surface area (Å²) in [6, 6.07) is 16.8. The SMILES string of the molecule is CCOCCCNC(=O)N1CCc2c([nH]c3ccccc23)[C@H]1c1ccc(C)cc1. The largest absolute Gasteiger partial charge is 0.382 e. The first-order valence-electron chi connectivity index (χ1n) is 10.5. The van der Waals surface area contributed by atoms with Crippen molar-refractivity contribution in [3.05, 3.63) is 70.9 Å². The van der Waals surface area contributed by atoms with Gasteiger partial charge < -0.3 is 19.9 Å². The quantitative estimate of drug-likeness (QED) is 0.605. The van der Waals surface area contributed by atoms with Crippen molar-refractivity contribution < 1.29 is 9.53 Å². The molecular formula is C24H29N3O2. The summed E-state index contributed by atoms with van der Waals surface area (Å²) in [5.74, 6) is 0. The zero-order valence-electron chi connectivity index (χ0n) is 17.2. The molecule has 2 N–H and O–H groups in total. The van der Waals surface area contributed by atoms with Crippen LogP contribution in [-0.2, 0) is 11.2 Å². The van der Waals surface area contributed by atoms with Crippen molar-refractivity contribution in [2.75, 3.05) is 26.3 Å². The maximum absolute atomic E-state index is 13.1. The fraction of sp³-hybridized carbons (Fsp3) is 0.375. The number of aromatic nitrogens is 1. The Morgan fingerprint density at radius 1 is 1.21 bits per heavy atom. The first-order valence-corrected chi connectivity index (χ1v) is 10.5. The molecule has 0 aliphatic carbocycles. The van der Waals surface area contributed by atoms with Crippen molar-refractivity contribution in [3.8, 4) is 0 Å². The number of rotatable bonds is 6. The minimum atomic E-state index is -0.112. The number of aryl methyl sites for hydroxylation is 1. The smallest absolute Gasteiger partial charge is 0.318 e. The highest BCUT2D eigenvalue weighted by Gasteiger charge is 2.34. The van der Waals surface area contributed by atoms with E-state index in [0.29, 0.717) is 26.3 Å². The molecule has 0 saturated carbocycles. The Kier molecular flexibility index (Phi) is 5.86. The highest BCUT2D eigenvalue weighted by Crippen LogP contribution is 2.38. The second-order valence-corrected chi connectivity index (χ2v) is 7.60. The predicted octanol–water partition coefficient (Wildman–Crippen LogP) is 4.56. The van der Waals surface area contributed by atoms with E-state index in [1.54, 1.807) is 0 Å². The van der Waals surface area contributed by atoms with E-state index in [2.05, 4.69) is 59.7 Å². The van der Waals surface area contributed by atoms with Crippen molar-refractivity contribution in [2.24, 2.45) is 0 Å². The monoisotopic (exact) mass is 391 g/mol. The molecule has 0 saturated heterocycles. The average molecular weight is 392 g/mol. The number of hydrogen-bond donors (Lipinski definition) is 2. The third-order valence-electron chi connectivity index (χ3n) is 5.63. The van der Waals surface area contributed by atoms with Crippen LogP contribution >= 0.6 is 0 Å². The van der Waals surface area contributed by atoms with Crippen molar-refractivity contribution in [1.29, 1.82) is 0 Å². The number of aromatic amines is 1. The lowest BCUT2D eigenvalue weighted by Crippen LogP contribution is -2.46. The number of benzene rings is 2. The summed E-state index contributed by atoms with van der Waals surface area (Å²) in [6.45, 7) is 6.77. The van der Waals surface area contributed by atoms with E-state index in [4.69, 9.17) is 4.74 Å². The summed E-state index contributed by atoms with van der Waals surface area (Å²) in [6.07, 6.45) is 1.67. The van der Waals surface area contributed by atoms with Gasteiger partial charge in [-0.25, -0.2) is 4.79 Å². The topological polar surface area (TPSA) is 57.4 Å². The summed E-state index contributed by atoms with van der Waals surface area (Å²) in [5.41, 5.74) is 5.94. The minimum absolute atomic E-state index is 0.0172. The number of nitrogens with one attached hydrogen (secondary N) is 2. The van der Waals surface area contributed by atoms with E-state index in [1.807, 2.05) is 17.9 Å². The Morgan fingerprint density at radius 2 is 2.00 bits per heavy atom. The first-order chi connectivity index (χ1) is 14.2. The van der Waals surface area contributed by atoms with Gasteiger partial charge in [0.15, 0.2) is 0 Å². The van der Waals surface area contributed by atoms with Gasteiger partial charge in [0, 0.05) is 42.9 Å². The van der Waals surface area contributed by atoms with Gasteiger partial charge in [-0.3, -0.25) is 0 Å². The van der Waals surface area contributed by atoms with Gasteiger partial charge in [-0.2, -0.15) is 0 Å². The van der Waals surface area contributed by atoms with Crippen LogP contribution in [0.15, 0.2) is 48.5 Å². The van der Waals surface area contributed by atoms with Gasteiger partial charge >= 0.3 is 6.03 Å². The minimum Gasteiger partial charge on any atom is -0.382 e. The van der Waals surface area contributed by atoms with Gasteiger partial charge in [0.25, 0.3) is 0 Å². The molecule has 0 radical (unpaired) electrons. The van der Waals surface area contributed by atoms with Crippen LogP contribution in [0.2, 0.25) is 0 Å². The van der Waals surface area contributed by atoms with Crippen molar-refractivity contribution >= 4 is 16.9 Å². The fourth-order valence-corrected chi connectivity index (χ4v) is 4.17. The normalized spacial score (nSPS) is 16.1. The van der Waals surface area contributed by atoms with Gasteiger partial charge in [0.05, 0.1) is 6.04 Å². The van der Waals surface area contributed by atoms with E-state index in [9.17, 15) is 4.79 Å². The lowest BCUT2D eigenvalue weighted by atomic mass is 9.92. The van der Waals surface area contributed by atoms with E-state index < -0.39 is 0 Å². The van der Waals surface area contributed by atoms with Crippen LogP contribution < -0.4 is 5.32 Å². The second kappa shape index (κ2) is 8.70. The molecule has 0 bridgehead atoms. The van der Waals surface area contributed by atoms with Crippen LogP contribution in [0, 0.1) is 6.92 Å². The number of hydrogen-bond acceptors (Lipinski definition) is 2. The number of carbonyl (C=O) groups excluding carboxylic acids is 1. The van der Waals surface area contributed by atoms with Crippen molar-refractivity contribution in [2.45, 2.75) is 32.7 Å². The van der Waals surface area contributed by atoms with Gasteiger partial charge in [-0.15, -0.1) is 0 Å². The van der Waals surface area contributed by atoms with Crippen molar-refractivity contribution in [1.82, 2.24) is 15.2 Å².